The molecule has 2 fully saturated rings. The molecule has 1 aliphatic carbocycles. The number of nitrogens with two attached hydrogens (primary N) is 1. The third kappa shape index (κ3) is 3.16. The third-order valence-electron chi connectivity index (χ3n) is 4.34. The lowest BCUT2D eigenvalue weighted by Crippen LogP contribution is -2.53. The zero-order valence-electron chi connectivity index (χ0n) is 11.4. The molecule has 5 heteroatoms. The van der Waals surface area contributed by atoms with E-state index in [1.54, 1.807) is 7.11 Å². The smallest absolute Gasteiger partial charge is 0.227 e. The van der Waals surface area contributed by atoms with Gasteiger partial charge in [0.2, 0.25) is 5.91 Å². The van der Waals surface area contributed by atoms with E-state index in [2.05, 4.69) is 0 Å². The zero-order chi connectivity index (χ0) is 12.5. The first kappa shape index (κ1) is 15.7. The molecule has 0 bridgehead atoms. The van der Waals surface area contributed by atoms with Crippen molar-refractivity contribution >= 4 is 18.3 Å². The van der Waals surface area contributed by atoms with Gasteiger partial charge in [0.1, 0.15) is 0 Å². The number of amides is 1. The van der Waals surface area contributed by atoms with Crippen molar-refractivity contribution in [3.05, 3.63) is 0 Å². The molecule has 1 heterocycles. The van der Waals surface area contributed by atoms with Gasteiger partial charge in [-0.3, -0.25) is 4.79 Å². The van der Waals surface area contributed by atoms with Crippen molar-refractivity contribution in [2.24, 2.45) is 11.7 Å². The number of carbonyl (C=O) groups excluding carboxylic acids is 1. The number of likely N-dealkylation sites (tertiary alicyclic amines) is 1. The van der Waals surface area contributed by atoms with Crippen LogP contribution in [0.15, 0.2) is 0 Å². The van der Waals surface area contributed by atoms with Gasteiger partial charge in [0.15, 0.2) is 0 Å². The van der Waals surface area contributed by atoms with Crippen LogP contribution in [0.5, 0.6) is 0 Å². The Morgan fingerprint density at radius 1 is 1.39 bits per heavy atom. The highest BCUT2D eigenvalue weighted by Crippen LogP contribution is 2.33. The standard InChI is InChI=1S/C13H24N2O2.ClH/c1-13(14)7-4-3-5-11(13)12(16)15-8-6-10(9-15)17-2;/h10-11H,3-9,14H2,1-2H3;1H/t10-,11?,13?;/m0./s1. The monoisotopic (exact) mass is 276 g/mol. The van der Waals surface area contributed by atoms with Gasteiger partial charge in [0, 0.05) is 25.7 Å². The molecule has 18 heavy (non-hydrogen) atoms. The summed E-state index contributed by atoms with van der Waals surface area (Å²) in [7, 11) is 1.71. The molecule has 0 radical (unpaired) electrons. The second-order valence-corrected chi connectivity index (χ2v) is 5.73. The Morgan fingerprint density at radius 3 is 2.67 bits per heavy atom. The van der Waals surface area contributed by atoms with Crippen molar-refractivity contribution in [3.8, 4) is 0 Å². The normalized spacial score (nSPS) is 36.3. The maximum absolute atomic E-state index is 12.5. The van der Waals surface area contributed by atoms with E-state index in [4.69, 9.17) is 10.5 Å². The lowest BCUT2D eigenvalue weighted by molar-refractivity contribution is -0.138. The lowest BCUT2D eigenvalue weighted by atomic mass is 9.74. The molecule has 1 saturated carbocycles. The van der Waals surface area contributed by atoms with Crippen molar-refractivity contribution in [1.29, 1.82) is 0 Å². The van der Waals surface area contributed by atoms with Crippen LogP contribution in [-0.2, 0) is 9.53 Å². The minimum Gasteiger partial charge on any atom is -0.380 e. The van der Waals surface area contributed by atoms with E-state index < -0.39 is 0 Å². The van der Waals surface area contributed by atoms with Crippen molar-refractivity contribution in [1.82, 2.24) is 4.90 Å². The fourth-order valence-corrected chi connectivity index (χ4v) is 3.11. The molecule has 2 rings (SSSR count). The summed E-state index contributed by atoms with van der Waals surface area (Å²) < 4.78 is 5.31. The number of halogens is 1. The second-order valence-electron chi connectivity index (χ2n) is 5.73. The van der Waals surface area contributed by atoms with Gasteiger partial charge in [-0.25, -0.2) is 0 Å². The fraction of sp³-hybridized carbons (Fsp3) is 0.923. The molecule has 2 unspecified atom stereocenters. The van der Waals surface area contributed by atoms with Crippen molar-refractivity contribution in [2.75, 3.05) is 20.2 Å². The van der Waals surface area contributed by atoms with Gasteiger partial charge in [-0.2, -0.15) is 0 Å². The predicted molar refractivity (Wildman–Crippen MR) is 73.8 cm³/mol. The Hall–Kier alpha value is -0.320. The number of nitrogens with zero attached hydrogens (tertiary/aromatic N) is 1. The number of ether oxygens (including phenoxy) is 1. The van der Waals surface area contributed by atoms with Crippen LogP contribution < -0.4 is 5.73 Å². The molecule has 0 aromatic heterocycles. The largest absolute Gasteiger partial charge is 0.380 e. The molecule has 2 aliphatic rings. The molecule has 106 valence electrons. The van der Waals surface area contributed by atoms with Crippen LogP contribution in [0.1, 0.15) is 39.0 Å². The average Bonchev–Trinajstić information content (AvgIpc) is 2.76. The Kier molecular flexibility index (Phi) is 5.44. The SMILES string of the molecule is CO[C@H]1CCN(C(=O)C2CCCCC2(C)N)C1.Cl. The quantitative estimate of drug-likeness (QED) is 0.833. The van der Waals surface area contributed by atoms with Gasteiger partial charge in [-0.05, 0) is 26.2 Å². The summed E-state index contributed by atoms with van der Waals surface area (Å²) in [5.41, 5.74) is 5.96. The van der Waals surface area contributed by atoms with E-state index >= 15 is 0 Å². The predicted octanol–water partition coefficient (Wildman–Crippen LogP) is 1.56. The number of hydrogen-bond donors (Lipinski definition) is 1. The van der Waals surface area contributed by atoms with Crippen molar-refractivity contribution in [2.45, 2.75) is 50.7 Å². The highest BCUT2D eigenvalue weighted by molar-refractivity contribution is 5.85. The van der Waals surface area contributed by atoms with E-state index in [0.717, 1.165) is 45.2 Å². The Labute approximate surface area is 116 Å². The van der Waals surface area contributed by atoms with E-state index in [9.17, 15) is 4.79 Å². The maximum atomic E-state index is 12.5. The zero-order valence-corrected chi connectivity index (χ0v) is 12.2. The van der Waals surface area contributed by atoms with Gasteiger partial charge in [0.05, 0.1) is 12.0 Å². The second kappa shape index (κ2) is 6.22. The summed E-state index contributed by atoms with van der Waals surface area (Å²) in [4.78, 5) is 14.4. The molecule has 4 nitrogen and oxygen atoms in total. The first-order valence-corrected chi connectivity index (χ1v) is 6.65. The highest BCUT2D eigenvalue weighted by atomic mass is 35.5. The summed E-state index contributed by atoms with van der Waals surface area (Å²) >= 11 is 0. The van der Waals surface area contributed by atoms with Crippen LogP contribution in [0.3, 0.4) is 0 Å². The molecule has 1 aliphatic heterocycles. The first-order valence-electron chi connectivity index (χ1n) is 6.65. The van der Waals surface area contributed by atoms with E-state index in [-0.39, 0.29) is 35.9 Å². The molecule has 2 N–H and O–H groups in total. The minimum atomic E-state index is -0.319. The number of rotatable bonds is 2. The molecule has 3 atom stereocenters. The van der Waals surface area contributed by atoms with Gasteiger partial charge >= 0.3 is 0 Å². The number of carbonyl (C=O) groups is 1. The van der Waals surface area contributed by atoms with Crippen LogP contribution >= 0.6 is 12.4 Å². The Balaban J connectivity index is 0.00000162. The summed E-state index contributed by atoms with van der Waals surface area (Å²) in [6.45, 7) is 3.59. The van der Waals surface area contributed by atoms with Gasteiger partial charge in [0.25, 0.3) is 0 Å². The minimum absolute atomic E-state index is 0. The van der Waals surface area contributed by atoms with Crippen LogP contribution in [-0.4, -0.2) is 42.6 Å². The molecule has 0 aromatic rings. The molecule has 0 aromatic carbocycles. The van der Waals surface area contributed by atoms with E-state index in [1.807, 2.05) is 11.8 Å². The van der Waals surface area contributed by atoms with Gasteiger partial charge < -0.3 is 15.4 Å². The van der Waals surface area contributed by atoms with Gasteiger partial charge in [-0.15, -0.1) is 12.4 Å². The fourth-order valence-electron chi connectivity index (χ4n) is 3.11. The molecule has 1 amide bonds. The third-order valence-corrected chi connectivity index (χ3v) is 4.34. The maximum Gasteiger partial charge on any atom is 0.227 e. The number of hydrogen-bond acceptors (Lipinski definition) is 3. The topological polar surface area (TPSA) is 55.6 Å². The Morgan fingerprint density at radius 2 is 2.11 bits per heavy atom. The van der Waals surface area contributed by atoms with Crippen molar-refractivity contribution < 1.29 is 9.53 Å². The van der Waals surface area contributed by atoms with Crippen LogP contribution in [0.4, 0.5) is 0 Å². The highest BCUT2D eigenvalue weighted by Gasteiger charge is 2.41. The average molecular weight is 277 g/mol. The summed E-state index contributed by atoms with van der Waals surface area (Å²) in [5, 5.41) is 0. The molecule has 0 spiro atoms. The molecule has 1 saturated heterocycles. The van der Waals surface area contributed by atoms with Gasteiger partial charge in [-0.1, -0.05) is 12.8 Å². The van der Waals surface area contributed by atoms with Crippen molar-refractivity contribution in [3.63, 3.8) is 0 Å². The summed E-state index contributed by atoms with van der Waals surface area (Å²) in [5.74, 6) is 0.251. The van der Waals surface area contributed by atoms with Crippen LogP contribution in [0.2, 0.25) is 0 Å². The van der Waals surface area contributed by atoms with E-state index in [1.165, 1.54) is 0 Å². The molecular weight excluding hydrogens is 252 g/mol. The summed E-state index contributed by atoms with van der Waals surface area (Å²) in [6.07, 6.45) is 5.36. The summed E-state index contributed by atoms with van der Waals surface area (Å²) in [6, 6.07) is 0. The first-order chi connectivity index (χ1) is 8.04. The molecular formula is C13H25ClN2O2. The Bertz CT molecular complexity index is 297. The van der Waals surface area contributed by atoms with Crippen LogP contribution in [0, 0.1) is 5.92 Å². The van der Waals surface area contributed by atoms with Crippen LogP contribution in [0.25, 0.3) is 0 Å². The lowest BCUT2D eigenvalue weighted by Gasteiger charge is -2.39. The van der Waals surface area contributed by atoms with E-state index in [0.29, 0.717) is 0 Å². The number of methoxy groups -OCH3 is 1.